The summed E-state index contributed by atoms with van der Waals surface area (Å²) in [5, 5.41) is 26.6. The second kappa shape index (κ2) is 12.1. The molecule has 3 aliphatic carbocycles. The summed E-state index contributed by atoms with van der Waals surface area (Å²) in [4.78, 5) is 14.2. The summed E-state index contributed by atoms with van der Waals surface area (Å²) in [5.41, 5.74) is 3.23. The SMILES string of the molecule is NS(=O)(=O)[C@@H]1CCC[C@H](/C=C/C(O)[C@@H]2CC[C@H]2CN2C[C@@]3(CCCc4cc(Cl)ccc43)COc3ccc(C(=O)O)cc32)C1. The summed E-state index contributed by atoms with van der Waals surface area (Å²) >= 11 is 6.37. The number of aryl methyl sites for hydroxylation is 1. The maximum atomic E-state index is 11.9. The van der Waals surface area contributed by atoms with Crippen molar-refractivity contribution < 1.29 is 28.2 Å². The summed E-state index contributed by atoms with van der Waals surface area (Å²) in [6, 6.07) is 11.2. The molecule has 232 valence electrons. The Morgan fingerprint density at radius 1 is 1.16 bits per heavy atom. The van der Waals surface area contributed by atoms with E-state index in [0.29, 0.717) is 38.3 Å². The molecule has 43 heavy (non-hydrogen) atoms. The number of hydrogen-bond acceptors (Lipinski definition) is 6. The minimum absolute atomic E-state index is 0.0672. The summed E-state index contributed by atoms with van der Waals surface area (Å²) in [6.45, 7) is 1.86. The number of allylic oxidation sites excluding steroid dienone is 1. The highest BCUT2D eigenvalue weighted by Gasteiger charge is 2.44. The molecule has 1 heterocycles. The van der Waals surface area contributed by atoms with Crippen molar-refractivity contribution in [3.63, 3.8) is 0 Å². The molecule has 6 rings (SSSR count). The standard InChI is InChI=1S/C33H41ClN2O6S/c34-25-9-11-28-22(16-25)4-2-14-33(28)19-36(29-17-23(32(38)39)8-13-31(29)42-20-33)18-24-7-10-27(24)30(37)12-6-21-3-1-5-26(15-21)43(35,40)41/h6,8-9,11-13,16-17,21,24,26-27,30,37H,1-5,7,10,14-15,18-20H2,(H,38,39)(H2,35,40,41)/b12-6+/t21-,24+,26-,27-,30?,33+/m1/s1. The molecule has 0 saturated heterocycles. The van der Waals surface area contributed by atoms with Gasteiger partial charge in [0.05, 0.1) is 29.2 Å². The number of anilines is 1. The maximum absolute atomic E-state index is 11.9. The van der Waals surface area contributed by atoms with Crippen LogP contribution in [-0.2, 0) is 21.9 Å². The van der Waals surface area contributed by atoms with Crippen molar-refractivity contribution in [1.29, 1.82) is 0 Å². The van der Waals surface area contributed by atoms with Crippen LogP contribution in [0.2, 0.25) is 5.02 Å². The number of carboxylic acid groups (broad SMARTS) is 1. The van der Waals surface area contributed by atoms with Crippen molar-refractivity contribution in [1.82, 2.24) is 0 Å². The quantitative estimate of drug-likeness (QED) is 0.355. The maximum Gasteiger partial charge on any atom is 0.335 e. The van der Waals surface area contributed by atoms with Crippen LogP contribution in [0.1, 0.15) is 72.9 Å². The van der Waals surface area contributed by atoms with Crippen LogP contribution in [0, 0.1) is 17.8 Å². The Morgan fingerprint density at radius 2 is 2.00 bits per heavy atom. The number of aromatic carboxylic acids is 1. The lowest BCUT2D eigenvalue weighted by molar-refractivity contribution is 0.0453. The Bertz CT molecular complexity index is 1510. The first-order valence-corrected chi connectivity index (χ1v) is 17.4. The molecule has 10 heteroatoms. The van der Waals surface area contributed by atoms with Gasteiger partial charge in [-0.1, -0.05) is 36.2 Å². The third kappa shape index (κ3) is 6.32. The fraction of sp³-hybridized carbons (Fsp3) is 0.545. The number of carboxylic acids is 1. The predicted molar refractivity (Wildman–Crippen MR) is 167 cm³/mol. The molecule has 4 N–H and O–H groups in total. The van der Waals surface area contributed by atoms with Crippen molar-refractivity contribution in [3.05, 3.63) is 70.3 Å². The zero-order valence-electron chi connectivity index (χ0n) is 24.3. The number of nitrogens with zero attached hydrogens (tertiary/aromatic N) is 1. The van der Waals surface area contributed by atoms with E-state index in [9.17, 15) is 23.4 Å². The van der Waals surface area contributed by atoms with Crippen LogP contribution in [0.3, 0.4) is 0 Å². The molecule has 0 amide bonds. The van der Waals surface area contributed by atoms with Gasteiger partial charge in [0.2, 0.25) is 10.0 Å². The number of primary sulfonamides is 1. The zero-order valence-corrected chi connectivity index (χ0v) is 25.9. The number of ether oxygens (including phenoxy) is 1. The van der Waals surface area contributed by atoms with Gasteiger partial charge in [0.25, 0.3) is 0 Å². The van der Waals surface area contributed by atoms with Crippen LogP contribution >= 0.6 is 11.6 Å². The molecule has 2 aromatic carbocycles. The zero-order chi connectivity index (χ0) is 30.4. The van der Waals surface area contributed by atoms with Crippen LogP contribution < -0.4 is 14.8 Å². The second-order valence-corrected chi connectivity index (χ2v) is 15.4. The van der Waals surface area contributed by atoms with E-state index >= 15 is 0 Å². The lowest BCUT2D eigenvalue weighted by atomic mass is 9.68. The number of aliphatic hydroxyl groups excluding tert-OH is 1. The fourth-order valence-electron chi connectivity index (χ4n) is 7.87. The van der Waals surface area contributed by atoms with Crippen LogP contribution in [0.25, 0.3) is 0 Å². The van der Waals surface area contributed by atoms with Crippen LogP contribution in [0.5, 0.6) is 5.75 Å². The lowest BCUT2D eigenvalue weighted by Crippen LogP contribution is -2.49. The van der Waals surface area contributed by atoms with E-state index in [1.807, 2.05) is 18.2 Å². The van der Waals surface area contributed by atoms with E-state index in [-0.39, 0.29) is 28.7 Å². The van der Waals surface area contributed by atoms with Crippen LogP contribution in [0.4, 0.5) is 5.69 Å². The molecule has 1 unspecified atom stereocenters. The summed E-state index contributed by atoms with van der Waals surface area (Å²) in [7, 11) is -3.56. The van der Waals surface area contributed by atoms with E-state index in [0.717, 1.165) is 55.7 Å². The van der Waals surface area contributed by atoms with Crippen molar-refractivity contribution in [3.8, 4) is 5.75 Å². The molecule has 2 saturated carbocycles. The average molecular weight is 629 g/mol. The Labute approximate surface area is 258 Å². The number of hydrogen-bond donors (Lipinski definition) is 3. The first kappa shape index (κ1) is 30.4. The van der Waals surface area contributed by atoms with Gasteiger partial charge < -0.3 is 19.8 Å². The number of benzene rings is 2. The number of carbonyl (C=O) groups is 1. The van der Waals surface area contributed by atoms with Crippen molar-refractivity contribution in [2.75, 3.05) is 24.6 Å². The van der Waals surface area contributed by atoms with Gasteiger partial charge in [0.15, 0.2) is 0 Å². The number of aliphatic hydroxyl groups is 1. The number of sulfonamides is 1. The second-order valence-electron chi connectivity index (χ2n) is 13.1. The minimum Gasteiger partial charge on any atom is -0.490 e. The number of fused-ring (bicyclic) bond motifs is 3. The third-order valence-electron chi connectivity index (χ3n) is 10.4. The van der Waals surface area contributed by atoms with Gasteiger partial charge in [-0.05, 0) is 111 Å². The van der Waals surface area contributed by atoms with E-state index < -0.39 is 27.3 Å². The normalized spacial score (nSPS) is 29.7. The first-order valence-electron chi connectivity index (χ1n) is 15.4. The van der Waals surface area contributed by atoms with Crippen LogP contribution in [-0.4, -0.2) is 55.7 Å². The molecule has 2 aromatic rings. The van der Waals surface area contributed by atoms with Gasteiger partial charge in [0, 0.05) is 23.5 Å². The Hall–Kier alpha value is -2.59. The van der Waals surface area contributed by atoms with Gasteiger partial charge in [0.1, 0.15) is 5.75 Å². The summed E-state index contributed by atoms with van der Waals surface area (Å²) in [6.07, 6.45) is 10.8. The Morgan fingerprint density at radius 3 is 2.74 bits per heavy atom. The van der Waals surface area contributed by atoms with Crippen molar-refractivity contribution in [2.24, 2.45) is 22.9 Å². The van der Waals surface area contributed by atoms with E-state index in [2.05, 4.69) is 17.0 Å². The lowest BCUT2D eigenvalue weighted by Gasteiger charge is -2.45. The highest BCUT2D eigenvalue weighted by molar-refractivity contribution is 7.89. The van der Waals surface area contributed by atoms with Gasteiger partial charge in [-0.15, -0.1) is 0 Å². The molecule has 8 nitrogen and oxygen atoms in total. The average Bonchev–Trinajstić information content (AvgIpc) is 3.10. The summed E-state index contributed by atoms with van der Waals surface area (Å²) < 4.78 is 30.2. The van der Waals surface area contributed by atoms with Crippen molar-refractivity contribution >= 4 is 33.3 Å². The molecule has 2 fully saturated rings. The molecule has 6 atom stereocenters. The van der Waals surface area contributed by atoms with Gasteiger partial charge in [-0.3, -0.25) is 0 Å². The third-order valence-corrected chi connectivity index (χ3v) is 12.0. The molecular weight excluding hydrogens is 588 g/mol. The largest absolute Gasteiger partial charge is 0.490 e. The molecule has 0 radical (unpaired) electrons. The topological polar surface area (TPSA) is 130 Å². The molecule has 0 aromatic heterocycles. The first-order chi connectivity index (χ1) is 20.5. The number of rotatable bonds is 7. The van der Waals surface area contributed by atoms with E-state index in [1.165, 1.54) is 11.1 Å². The highest BCUT2D eigenvalue weighted by atomic mass is 35.5. The van der Waals surface area contributed by atoms with E-state index in [4.69, 9.17) is 21.5 Å². The fourth-order valence-corrected chi connectivity index (χ4v) is 9.07. The molecule has 1 spiro atoms. The van der Waals surface area contributed by atoms with Gasteiger partial charge >= 0.3 is 5.97 Å². The Kier molecular flexibility index (Phi) is 8.54. The molecule has 4 aliphatic rings. The predicted octanol–water partition coefficient (Wildman–Crippen LogP) is 5.30. The van der Waals surface area contributed by atoms with Crippen LogP contribution in [0.15, 0.2) is 48.6 Å². The monoisotopic (exact) mass is 628 g/mol. The molecule has 1 aliphatic heterocycles. The smallest absolute Gasteiger partial charge is 0.335 e. The van der Waals surface area contributed by atoms with Gasteiger partial charge in [-0.2, -0.15) is 0 Å². The molecule has 0 bridgehead atoms. The van der Waals surface area contributed by atoms with E-state index in [1.54, 1.807) is 18.2 Å². The number of nitrogens with two attached hydrogens (primary N) is 1. The summed E-state index contributed by atoms with van der Waals surface area (Å²) in [5.74, 6) is 0.0781. The number of halogens is 1. The minimum atomic E-state index is -3.56. The Balaban J connectivity index is 1.24. The molecular formula is C33H41ClN2O6S. The van der Waals surface area contributed by atoms with Crippen molar-refractivity contribution in [2.45, 2.75) is 74.6 Å². The van der Waals surface area contributed by atoms with Gasteiger partial charge in [-0.25, -0.2) is 18.4 Å². The highest BCUT2D eigenvalue weighted by Crippen LogP contribution is 2.46.